The van der Waals surface area contributed by atoms with Crippen molar-refractivity contribution in [3.8, 4) is 0 Å². The first-order valence-electron chi connectivity index (χ1n) is 6.32. The maximum absolute atomic E-state index is 5.99. The lowest BCUT2D eigenvalue weighted by Crippen LogP contribution is -2.26. The van der Waals surface area contributed by atoms with E-state index in [-0.39, 0.29) is 0 Å². The summed E-state index contributed by atoms with van der Waals surface area (Å²) in [4.78, 5) is 8.61. The molecule has 0 radical (unpaired) electrons. The molecule has 0 amide bonds. The van der Waals surface area contributed by atoms with E-state index in [1.807, 2.05) is 12.1 Å². The van der Waals surface area contributed by atoms with E-state index >= 15 is 0 Å². The predicted molar refractivity (Wildman–Crippen MR) is 76.9 cm³/mol. The van der Waals surface area contributed by atoms with Gasteiger partial charge >= 0.3 is 0 Å². The topological polar surface area (TPSA) is 49.8 Å². The normalized spacial score (nSPS) is 14.0. The SMILES string of the molecule is Cc1ccc(Nc2nc(Cl)nc3c2CNCC3)cc1. The van der Waals surface area contributed by atoms with Crippen LogP contribution in [0.2, 0.25) is 5.28 Å². The lowest BCUT2D eigenvalue weighted by Gasteiger charge is -2.19. The van der Waals surface area contributed by atoms with Crippen molar-refractivity contribution in [3.05, 3.63) is 46.4 Å². The third-order valence-corrected chi connectivity index (χ3v) is 3.39. The Morgan fingerprint density at radius 1 is 1.21 bits per heavy atom. The summed E-state index contributed by atoms with van der Waals surface area (Å²) in [7, 11) is 0. The molecule has 0 saturated heterocycles. The molecule has 1 aliphatic heterocycles. The highest BCUT2D eigenvalue weighted by Gasteiger charge is 2.17. The Morgan fingerprint density at radius 3 is 2.79 bits per heavy atom. The molecule has 0 aliphatic carbocycles. The zero-order valence-corrected chi connectivity index (χ0v) is 11.5. The monoisotopic (exact) mass is 274 g/mol. The Bertz CT molecular complexity index is 595. The molecule has 19 heavy (non-hydrogen) atoms. The second-order valence-electron chi connectivity index (χ2n) is 4.68. The van der Waals surface area contributed by atoms with Gasteiger partial charge in [0.1, 0.15) is 5.82 Å². The van der Waals surface area contributed by atoms with Gasteiger partial charge in [0.2, 0.25) is 5.28 Å². The van der Waals surface area contributed by atoms with Gasteiger partial charge in [0.15, 0.2) is 0 Å². The van der Waals surface area contributed by atoms with Crippen molar-refractivity contribution in [1.82, 2.24) is 15.3 Å². The van der Waals surface area contributed by atoms with Gasteiger partial charge in [-0.3, -0.25) is 0 Å². The van der Waals surface area contributed by atoms with E-state index in [0.29, 0.717) is 5.28 Å². The molecule has 2 aromatic rings. The fraction of sp³-hybridized carbons (Fsp3) is 0.286. The molecule has 0 fully saturated rings. The van der Waals surface area contributed by atoms with Crippen molar-refractivity contribution < 1.29 is 0 Å². The third kappa shape index (κ3) is 2.69. The number of anilines is 2. The van der Waals surface area contributed by atoms with Gasteiger partial charge < -0.3 is 10.6 Å². The number of nitrogens with zero attached hydrogens (tertiary/aromatic N) is 2. The molecule has 3 rings (SSSR count). The first-order valence-corrected chi connectivity index (χ1v) is 6.70. The van der Waals surface area contributed by atoms with Crippen LogP contribution in [-0.4, -0.2) is 16.5 Å². The maximum Gasteiger partial charge on any atom is 0.224 e. The van der Waals surface area contributed by atoms with Crippen LogP contribution in [0.15, 0.2) is 24.3 Å². The highest BCUT2D eigenvalue weighted by molar-refractivity contribution is 6.28. The van der Waals surface area contributed by atoms with Crippen LogP contribution >= 0.6 is 11.6 Å². The number of hydrogen-bond acceptors (Lipinski definition) is 4. The average molecular weight is 275 g/mol. The van der Waals surface area contributed by atoms with E-state index in [4.69, 9.17) is 11.6 Å². The zero-order chi connectivity index (χ0) is 13.2. The second kappa shape index (κ2) is 5.15. The lowest BCUT2D eigenvalue weighted by atomic mass is 10.1. The van der Waals surface area contributed by atoms with Gasteiger partial charge in [0.05, 0.1) is 5.69 Å². The average Bonchev–Trinajstić information content (AvgIpc) is 2.41. The summed E-state index contributed by atoms with van der Waals surface area (Å²) >= 11 is 5.99. The minimum atomic E-state index is 0.301. The van der Waals surface area contributed by atoms with Crippen LogP contribution < -0.4 is 10.6 Å². The van der Waals surface area contributed by atoms with Gasteiger partial charge in [-0.1, -0.05) is 17.7 Å². The van der Waals surface area contributed by atoms with Crippen molar-refractivity contribution in [2.75, 3.05) is 11.9 Å². The summed E-state index contributed by atoms with van der Waals surface area (Å²) in [5, 5.41) is 6.96. The van der Waals surface area contributed by atoms with E-state index in [1.165, 1.54) is 5.56 Å². The smallest absolute Gasteiger partial charge is 0.224 e. The van der Waals surface area contributed by atoms with E-state index in [9.17, 15) is 0 Å². The molecule has 2 heterocycles. The number of nitrogens with one attached hydrogen (secondary N) is 2. The van der Waals surface area contributed by atoms with Crippen LogP contribution in [0, 0.1) is 6.92 Å². The summed E-state index contributed by atoms with van der Waals surface area (Å²) < 4.78 is 0. The summed E-state index contributed by atoms with van der Waals surface area (Å²) in [5.74, 6) is 0.797. The number of aromatic nitrogens is 2. The van der Waals surface area contributed by atoms with Crippen LogP contribution in [0.4, 0.5) is 11.5 Å². The van der Waals surface area contributed by atoms with E-state index in [1.54, 1.807) is 0 Å². The fourth-order valence-electron chi connectivity index (χ4n) is 2.19. The number of fused-ring (bicyclic) bond motifs is 1. The number of rotatable bonds is 2. The highest BCUT2D eigenvalue weighted by Crippen LogP contribution is 2.25. The molecule has 0 atom stereocenters. The van der Waals surface area contributed by atoms with Gasteiger partial charge in [-0.2, -0.15) is 0 Å². The lowest BCUT2D eigenvalue weighted by molar-refractivity contribution is 0.628. The number of halogens is 1. The largest absolute Gasteiger partial charge is 0.340 e. The molecule has 5 heteroatoms. The van der Waals surface area contributed by atoms with E-state index in [0.717, 1.165) is 42.3 Å². The van der Waals surface area contributed by atoms with Gasteiger partial charge in [0, 0.05) is 30.8 Å². The molecule has 0 spiro atoms. The van der Waals surface area contributed by atoms with Crippen LogP contribution in [0.1, 0.15) is 16.8 Å². The van der Waals surface area contributed by atoms with Gasteiger partial charge in [-0.25, -0.2) is 9.97 Å². The fourth-order valence-corrected chi connectivity index (χ4v) is 2.38. The molecule has 1 aromatic heterocycles. The van der Waals surface area contributed by atoms with Gasteiger partial charge in [0.25, 0.3) is 0 Å². The van der Waals surface area contributed by atoms with E-state index in [2.05, 4.69) is 39.7 Å². The minimum Gasteiger partial charge on any atom is -0.340 e. The second-order valence-corrected chi connectivity index (χ2v) is 5.02. The van der Waals surface area contributed by atoms with Crippen LogP contribution in [-0.2, 0) is 13.0 Å². The van der Waals surface area contributed by atoms with Crippen molar-refractivity contribution in [3.63, 3.8) is 0 Å². The first kappa shape index (κ1) is 12.4. The Balaban J connectivity index is 1.95. The highest BCUT2D eigenvalue weighted by atomic mass is 35.5. The summed E-state index contributed by atoms with van der Waals surface area (Å²) in [6.07, 6.45) is 0.889. The summed E-state index contributed by atoms with van der Waals surface area (Å²) in [6, 6.07) is 8.20. The van der Waals surface area contributed by atoms with Gasteiger partial charge in [-0.15, -0.1) is 0 Å². The number of benzene rings is 1. The summed E-state index contributed by atoms with van der Waals surface area (Å²) in [6.45, 7) is 3.78. The van der Waals surface area contributed by atoms with E-state index < -0.39 is 0 Å². The zero-order valence-electron chi connectivity index (χ0n) is 10.7. The molecule has 0 unspecified atom stereocenters. The molecule has 1 aliphatic rings. The summed E-state index contributed by atoms with van der Waals surface area (Å²) in [5.41, 5.74) is 4.38. The van der Waals surface area contributed by atoms with Crippen molar-refractivity contribution in [1.29, 1.82) is 0 Å². The molecule has 4 nitrogen and oxygen atoms in total. The molecule has 0 bridgehead atoms. The number of hydrogen-bond donors (Lipinski definition) is 2. The van der Waals surface area contributed by atoms with Crippen LogP contribution in [0.5, 0.6) is 0 Å². The van der Waals surface area contributed by atoms with Crippen LogP contribution in [0.25, 0.3) is 0 Å². The number of aryl methyl sites for hydroxylation is 1. The molecule has 1 aromatic carbocycles. The van der Waals surface area contributed by atoms with Gasteiger partial charge in [-0.05, 0) is 30.7 Å². The van der Waals surface area contributed by atoms with Crippen molar-refractivity contribution in [2.24, 2.45) is 0 Å². The van der Waals surface area contributed by atoms with Crippen molar-refractivity contribution >= 4 is 23.1 Å². The Kier molecular flexibility index (Phi) is 3.36. The van der Waals surface area contributed by atoms with Crippen molar-refractivity contribution in [2.45, 2.75) is 19.9 Å². The Labute approximate surface area is 117 Å². The maximum atomic E-state index is 5.99. The quantitative estimate of drug-likeness (QED) is 0.827. The molecular formula is C14H15ClN4. The predicted octanol–water partition coefficient (Wildman–Crippen LogP) is 2.83. The molecule has 2 N–H and O–H groups in total. The Hall–Kier alpha value is -1.65. The molecule has 0 saturated carbocycles. The molecule has 98 valence electrons. The molecular weight excluding hydrogens is 260 g/mol. The minimum absolute atomic E-state index is 0.301. The standard InChI is InChI=1S/C14H15ClN4/c1-9-2-4-10(5-3-9)17-13-11-8-16-7-6-12(11)18-14(15)19-13/h2-5,16H,6-8H2,1H3,(H,17,18,19). The first-order chi connectivity index (χ1) is 9.22. The third-order valence-electron chi connectivity index (χ3n) is 3.22. The van der Waals surface area contributed by atoms with Crippen LogP contribution in [0.3, 0.4) is 0 Å². The Morgan fingerprint density at radius 2 is 2.00 bits per heavy atom.